The molecule has 2 rings (SSSR count). The third-order valence-electron chi connectivity index (χ3n) is 2.30. The van der Waals surface area contributed by atoms with Crippen molar-refractivity contribution in [1.82, 2.24) is 9.55 Å². The van der Waals surface area contributed by atoms with Gasteiger partial charge in [0.05, 0.1) is 9.95 Å². The molecule has 0 aliphatic heterocycles. The van der Waals surface area contributed by atoms with Crippen LogP contribution in [-0.2, 0) is 0 Å². The van der Waals surface area contributed by atoms with E-state index in [0.29, 0.717) is 21.0 Å². The van der Waals surface area contributed by atoms with E-state index in [2.05, 4.69) is 20.9 Å². The highest BCUT2D eigenvalue weighted by Gasteiger charge is 2.19. The van der Waals surface area contributed by atoms with Crippen LogP contribution in [0.25, 0.3) is 5.69 Å². The smallest absolute Gasteiger partial charge is 0.294 e. The van der Waals surface area contributed by atoms with Crippen LogP contribution in [0.2, 0.25) is 5.02 Å². The summed E-state index contributed by atoms with van der Waals surface area (Å²) in [5.74, 6) is 0.669. The molecule has 0 unspecified atom stereocenters. The third-order valence-corrected chi connectivity index (χ3v) is 3.50. The monoisotopic (exact) mass is 315 g/mol. The van der Waals surface area contributed by atoms with Crippen LogP contribution in [0.15, 0.2) is 29.0 Å². The molecule has 0 fully saturated rings. The lowest BCUT2D eigenvalue weighted by molar-refractivity contribution is -0.384. The maximum absolute atomic E-state index is 11.0. The largest absolute Gasteiger partial charge is 0.298 e. The van der Waals surface area contributed by atoms with Gasteiger partial charge in [-0.25, -0.2) is 4.98 Å². The Morgan fingerprint density at radius 3 is 2.76 bits per heavy atom. The third kappa shape index (κ3) is 2.18. The second-order valence-corrected chi connectivity index (χ2v) is 4.62. The number of nitrogens with zero attached hydrogens (tertiary/aromatic N) is 3. The molecule has 0 atom stereocenters. The van der Waals surface area contributed by atoms with Gasteiger partial charge in [0, 0.05) is 22.9 Å². The number of nitro groups is 1. The van der Waals surface area contributed by atoms with Crippen LogP contribution in [0.3, 0.4) is 0 Å². The first-order valence-electron chi connectivity index (χ1n) is 4.64. The van der Waals surface area contributed by atoms with Crippen LogP contribution in [0, 0.1) is 17.0 Å². The fourth-order valence-electron chi connectivity index (χ4n) is 1.50. The minimum atomic E-state index is -0.465. The zero-order valence-electron chi connectivity index (χ0n) is 8.72. The molecular weight excluding hydrogens is 309 g/mol. The highest BCUT2D eigenvalue weighted by atomic mass is 79.9. The fourth-order valence-corrected chi connectivity index (χ4v) is 1.99. The van der Waals surface area contributed by atoms with Gasteiger partial charge in [-0.2, -0.15) is 0 Å². The molecule has 1 aromatic carbocycles. The molecule has 0 N–H and O–H groups in total. The highest BCUT2D eigenvalue weighted by molar-refractivity contribution is 9.10. The molecule has 0 aliphatic rings. The first kappa shape index (κ1) is 12.1. The number of hydrogen-bond acceptors (Lipinski definition) is 3. The number of imidazole rings is 1. The summed E-state index contributed by atoms with van der Waals surface area (Å²) in [5, 5.41) is 11.3. The molecule has 0 saturated heterocycles. The Balaban J connectivity index is 2.72. The van der Waals surface area contributed by atoms with E-state index in [9.17, 15) is 10.1 Å². The van der Waals surface area contributed by atoms with Crippen molar-refractivity contribution in [2.45, 2.75) is 6.92 Å². The average Bonchev–Trinajstić information content (AvgIpc) is 2.67. The Morgan fingerprint density at radius 1 is 1.53 bits per heavy atom. The molecule has 0 radical (unpaired) electrons. The summed E-state index contributed by atoms with van der Waals surface area (Å²) < 4.78 is 2.24. The lowest BCUT2D eigenvalue weighted by Gasteiger charge is -2.07. The first-order chi connectivity index (χ1) is 8.00. The zero-order chi connectivity index (χ0) is 12.6. The number of hydrogen-bond donors (Lipinski definition) is 0. The summed E-state index contributed by atoms with van der Waals surface area (Å²) in [7, 11) is 0. The number of halogens is 2. The molecule has 0 spiro atoms. The average molecular weight is 317 g/mol. The van der Waals surface area contributed by atoms with Crippen LogP contribution < -0.4 is 0 Å². The van der Waals surface area contributed by atoms with E-state index in [1.54, 1.807) is 30.0 Å². The van der Waals surface area contributed by atoms with Crippen LogP contribution >= 0.6 is 27.5 Å². The maximum Gasteiger partial charge on any atom is 0.294 e. The van der Waals surface area contributed by atoms with Crippen LogP contribution in [0.4, 0.5) is 5.69 Å². The summed E-state index contributed by atoms with van der Waals surface area (Å²) in [6, 6.07) is 2.93. The van der Waals surface area contributed by atoms with Gasteiger partial charge in [0.2, 0.25) is 0 Å². The van der Waals surface area contributed by atoms with E-state index >= 15 is 0 Å². The molecule has 17 heavy (non-hydrogen) atoms. The second kappa shape index (κ2) is 4.46. The Bertz CT molecular complexity index is 597. The Labute approximate surface area is 110 Å². The van der Waals surface area contributed by atoms with Gasteiger partial charge in [-0.1, -0.05) is 11.6 Å². The van der Waals surface area contributed by atoms with Crippen LogP contribution in [0.1, 0.15) is 5.82 Å². The molecule has 7 heteroatoms. The molecule has 0 amide bonds. The van der Waals surface area contributed by atoms with Gasteiger partial charge in [0.15, 0.2) is 0 Å². The SMILES string of the molecule is Cc1nccn1-c1cc(Br)c(Cl)cc1[N+](=O)[O-]. The summed E-state index contributed by atoms with van der Waals surface area (Å²) in [5.41, 5.74) is 0.376. The van der Waals surface area contributed by atoms with Gasteiger partial charge >= 0.3 is 0 Å². The summed E-state index contributed by atoms with van der Waals surface area (Å²) in [4.78, 5) is 14.6. The number of aromatic nitrogens is 2. The quantitative estimate of drug-likeness (QED) is 0.629. The van der Waals surface area contributed by atoms with Crippen molar-refractivity contribution in [3.63, 3.8) is 0 Å². The molecular formula is C10H7BrClN3O2. The number of aryl methyl sites for hydroxylation is 1. The zero-order valence-corrected chi connectivity index (χ0v) is 11.1. The van der Waals surface area contributed by atoms with Gasteiger partial charge in [-0.05, 0) is 28.9 Å². The topological polar surface area (TPSA) is 61.0 Å². The molecule has 1 heterocycles. The first-order valence-corrected chi connectivity index (χ1v) is 5.81. The van der Waals surface area contributed by atoms with Crippen molar-refractivity contribution in [3.05, 3.63) is 50.0 Å². The maximum atomic E-state index is 11.0. The van der Waals surface area contributed by atoms with E-state index < -0.39 is 4.92 Å². The Morgan fingerprint density at radius 2 is 2.24 bits per heavy atom. The minimum absolute atomic E-state index is 0.0562. The van der Waals surface area contributed by atoms with Gasteiger partial charge in [0.1, 0.15) is 11.5 Å². The number of rotatable bonds is 2. The summed E-state index contributed by atoms with van der Waals surface area (Å²) in [6.07, 6.45) is 3.25. The molecule has 5 nitrogen and oxygen atoms in total. The van der Waals surface area contributed by atoms with Gasteiger partial charge < -0.3 is 0 Å². The Hall–Kier alpha value is -1.40. The molecule has 0 saturated carbocycles. The van der Waals surface area contributed by atoms with Crippen LogP contribution in [-0.4, -0.2) is 14.5 Å². The van der Waals surface area contributed by atoms with Gasteiger partial charge in [0.25, 0.3) is 5.69 Å². The van der Waals surface area contributed by atoms with E-state index in [4.69, 9.17) is 11.6 Å². The number of nitro benzene ring substituents is 1. The normalized spacial score (nSPS) is 10.5. The predicted octanol–water partition coefficient (Wildman–Crippen LogP) is 3.50. The van der Waals surface area contributed by atoms with Crippen molar-refractivity contribution < 1.29 is 4.92 Å². The molecule has 2 aromatic rings. The number of benzene rings is 1. The molecule has 0 aliphatic carbocycles. The Kier molecular flexibility index (Phi) is 3.17. The van der Waals surface area contributed by atoms with Gasteiger partial charge in [-0.15, -0.1) is 0 Å². The van der Waals surface area contributed by atoms with E-state index in [1.807, 2.05) is 0 Å². The minimum Gasteiger partial charge on any atom is -0.298 e. The van der Waals surface area contributed by atoms with Gasteiger partial charge in [-0.3, -0.25) is 14.7 Å². The molecule has 1 aromatic heterocycles. The van der Waals surface area contributed by atoms with Crippen LogP contribution in [0.5, 0.6) is 0 Å². The molecule has 88 valence electrons. The summed E-state index contributed by atoms with van der Waals surface area (Å²) >= 11 is 9.11. The highest BCUT2D eigenvalue weighted by Crippen LogP contribution is 2.33. The lowest BCUT2D eigenvalue weighted by Crippen LogP contribution is -2.01. The van der Waals surface area contributed by atoms with Crippen molar-refractivity contribution in [1.29, 1.82) is 0 Å². The lowest BCUT2D eigenvalue weighted by atomic mass is 10.2. The predicted molar refractivity (Wildman–Crippen MR) is 67.7 cm³/mol. The standard InChI is InChI=1S/C10H7BrClN3O2/c1-6-13-2-3-14(6)9-4-7(11)8(12)5-10(9)15(16)17/h2-5H,1H3. The second-order valence-electron chi connectivity index (χ2n) is 3.36. The van der Waals surface area contributed by atoms with Crippen molar-refractivity contribution in [2.75, 3.05) is 0 Å². The molecule has 0 bridgehead atoms. The summed E-state index contributed by atoms with van der Waals surface area (Å²) in [6.45, 7) is 1.77. The van der Waals surface area contributed by atoms with Crippen molar-refractivity contribution in [3.8, 4) is 5.69 Å². The van der Waals surface area contributed by atoms with Crippen molar-refractivity contribution in [2.24, 2.45) is 0 Å². The van der Waals surface area contributed by atoms with E-state index in [-0.39, 0.29) is 5.69 Å². The van der Waals surface area contributed by atoms with Crippen molar-refractivity contribution >= 4 is 33.2 Å². The van der Waals surface area contributed by atoms with E-state index in [1.165, 1.54) is 6.07 Å². The van der Waals surface area contributed by atoms with E-state index in [0.717, 1.165) is 0 Å². The fraction of sp³-hybridized carbons (Fsp3) is 0.100.